The van der Waals surface area contributed by atoms with Crippen LogP contribution in [0, 0.1) is 0 Å². The molecule has 2 atom stereocenters. The SMILES string of the molecule is COc1ccc(N(C)C(=O)[C@H](C)Nc2ncnc(N[C@@H](Cc3ccccc3)C(=O)N(C)c3ccc(OC)cc3)n2)cc1. The van der Waals surface area contributed by atoms with Crippen molar-refractivity contribution in [3.8, 4) is 11.5 Å². The summed E-state index contributed by atoms with van der Waals surface area (Å²) >= 11 is 0. The Bertz CT molecular complexity index is 1470. The second kappa shape index (κ2) is 13.9. The fourth-order valence-corrected chi connectivity index (χ4v) is 4.29. The molecule has 0 aliphatic carbocycles. The van der Waals surface area contributed by atoms with Crippen molar-refractivity contribution in [2.75, 3.05) is 48.7 Å². The van der Waals surface area contributed by atoms with E-state index >= 15 is 0 Å². The number of carbonyl (C=O) groups excluding carboxylic acids is 2. The Kier molecular flexibility index (Phi) is 9.88. The topological polar surface area (TPSA) is 122 Å². The molecule has 11 nitrogen and oxygen atoms in total. The number of likely N-dealkylation sites (N-methyl/N-ethyl adjacent to an activating group) is 2. The smallest absolute Gasteiger partial charge is 0.249 e. The average Bonchev–Trinajstić information content (AvgIpc) is 3.03. The Balaban J connectivity index is 1.49. The van der Waals surface area contributed by atoms with Gasteiger partial charge < -0.3 is 29.9 Å². The van der Waals surface area contributed by atoms with Crippen molar-refractivity contribution < 1.29 is 19.1 Å². The molecular formula is C31H35N7O4. The predicted molar refractivity (Wildman–Crippen MR) is 163 cm³/mol. The van der Waals surface area contributed by atoms with Gasteiger partial charge in [0.1, 0.15) is 29.9 Å². The molecule has 0 spiro atoms. The number of nitrogens with zero attached hydrogens (tertiary/aromatic N) is 5. The van der Waals surface area contributed by atoms with Crippen LogP contribution in [0.4, 0.5) is 23.3 Å². The van der Waals surface area contributed by atoms with E-state index in [0.29, 0.717) is 23.6 Å². The van der Waals surface area contributed by atoms with Crippen LogP contribution in [0.1, 0.15) is 12.5 Å². The van der Waals surface area contributed by atoms with E-state index in [1.165, 1.54) is 6.33 Å². The van der Waals surface area contributed by atoms with Crippen LogP contribution in [0.3, 0.4) is 0 Å². The Labute approximate surface area is 245 Å². The molecule has 0 saturated carbocycles. The molecule has 3 aromatic carbocycles. The van der Waals surface area contributed by atoms with Gasteiger partial charge in [-0.1, -0.05) is 30.3 Å². The number of anilines is 4. The lowest BCUT2D eigenvalue weighted by Gasteiger charge is -2.25. The molecule has 0 fully saturated rings. The summed E-state index contributed by atoms with van der Waals surface area (Å²) in [6.45, 7) is 1.73. The molecule has 2 N–H and O–H groups in total. The van der Waals surface area contributed by atoms with E-state index in [9.17, 15) is 9.59 Å². The molecule has 0 radical (unpaired) electrons. The molecule has 0 saturated heterocycles. The molecule has 2 amide bonds. The third kappa shape index (κ3) is 7.51. The summed E-state index contributed by atoms with van der Waals surface area (Å²) in [6.07, 6.45) is 1.73. The normalized spacial score (nSPS) is 12.0. The number of rotatable bonds is 12. The first-order valence-corrected chi connectivity index (χ1v) is 13.4. The average molecular weight is 570 g/mol. The fraction of sp³-hybridized carbons (Fsp3) is 0.258. The third-order valence-electron chi connectivity index (χ3n) is 6.75. The number of carbonyl (C=O) groups is 2. The molecular weight excluding hydrogens is 534 g/mol. The summed E-state index contributed by atoms with van der Waals surface area (Å²) in [5.74, 6) is 1.44. The van der Waals surface area contributed by atoms with Crippen LogP contribution >= 0.6 is 0 Å². The summed E-state index contributed by atoms with van der Waals surface area (Å²) in [4.78, 5) is 42.8. The first-order valence-electron chi connectivity index (χ1n) is 13.4. The van der Waals surface area contributed by atoms with E-state index in [1.807, 2.05) is 42.5 Å². The molecule has 0 bridgehead atoms. The molecule has 1 aromatic heterocycles. The Morgan fingerprint density at radius 1 is 0.738 bits per heavy atom. The van der Waals surface area contributed by atoms with Gasteiger partial charge in [0.05, 0.1) is 14.2 Å². The van der Waals surface area contributed by atoms with Crippen molar-refractivity contribution in [2.45, 2.75) is 25.4 Å². The highest BCUT2D eigenvalue weighted by atomic mass is 16.5. The molecule has 0 aliphatic heterocycles. The lowest BCUT2D eigenvalue weighted by atomic mass is 10.0. The molecule has 4 aromatic rings. The van der Waals surface area contributed by atoms with Crippen molar-refractivity contribution >= 4 is 35.1 Å². The minimum absolute atomic E-state index is 0.177. The summed E-state index contributed by atoms with van der Waals surface area (Å²) in [5.41, 5.74) is 2.40. The van der Waals surface area contributed by atoms with E-state index in [1.54, 1.807) is 81.4 Å². The second-order valence-corrected chi connectivity index (χ2v) is 9.58. The lowest BCUT2D eigenvalue weighted by Crippen LogP contribution is -2.43. The monoisotopic (exact) mass is 569 g/mol. The van der Waals surface area contributed by atoms with Gasteiger partial charge in [0, 0.05) is 31.9 Å². The summed E-state index contributed by atoms with van der Waals surface area (Å²) in [7, 11) is 6.60. The number of hydrogen-bond donors (Lipinski definition) is 2. The molecule has 4 rings (SSSR count). The highest BCUT2D eigenvalue weighted by molar-refractivity contribution is 5.99. The molecule has 11 heteroatoms. The number of ether oxygens (including phenoxy) is 2. The minimum atomic E-state index is -0.685. The standard InChI is InChI=1S/C31H35N7O4/c1-21(28(39)37(2)23-11-15-25(41-4)16-12-23)34-30-32-20-33-31(36-30)35-27(19-22-9-7-6-8-10-22)29(40)38(3)24-13-17-26(42-5)18-14-24/h6-18,20-21,27H,19H2,1-5H3,(H2,32,33,34,35,36)/t21-,27-/m0/s1. The highest BCUT2D eigenvalue weighted by Crippen LogP contribution is 2.21. The number of methoxy groups -OCH3 is 2. The van der Waals surface area contributed by atoms with Crippen LogP contribution in [-0.4, -0.2) is 67.2 Å². The Morgan fingerprint density at radius 2 is 1.24 bits per heavy atom. The van der Waals surface area contributed by atoms with Gasteiger partial charge in [-0.2, -0.15) is 4.98 Å². The number of amides is 2. The van der Waals surface area contributed by atoms with Gasteiger partial charge in [-0.3, -0.25) is 9.59 Å². The molecule has 218 valence electrons. The van der Waals surface area contributed by atoms with Crippen LogP contribution in [0.15, 0.2) is 85.2 Å². The summed E-state index contributed by atoms with van der Waals surface area (Å²) in [5, 5.41) is 6.22. The van der Waals surface area contributed by atoms with E-state index in [4.69, 9.17) is 9.47 Å². The Hall–Kier alpha value is -5.19. The van der Waals surface area contributed by atoms with Gasteiger partial charge in [-0.25, -0.2) is 9.97 Å². The highest BCUT2D eigenvalue weighted by Gasteiger charge is 2.25. The molecule has 1 heterocycles. The van der Waals surface area contributed by atoms with Crippen molar-refractivity contribution in [2.24, 2.45) is 0 Å². The van der Waals surface area contributed by atoms with Gasteiger partial charge in [0.25, 0.3) is 0 Å². The van der Waals surface area contributed by atoms with E-state index in [0.717, 1.165) is 11.3 Å². The van der Waals surface area contributed by atoms with Gasteiger partial charge in [0.15, 0.2) is 0 Å². The zero-order chi connectivity index (χ0) is 30.1. The number of hydrogen-bond acceptors (Lipinski definition) is 9. The Morgan fingerprint density at radius 3 is 1.76 bits per heavy atom. The first-order chi connectivity index (χ1) is 20.3. The zero-order valence-electron chi connectivity index (χ0n) is 24.3. The largest absolute Gasteiger partial charge is 0.497 e. The summed E-state index contributed by atoms with van der Waals surface area (Å²) < 4.78 is 10.4. The number of benzene rings is 3. The lowest BCUT2D eigenvalue weighted by molar-refractivity contribution is -0.119. The van der Waals surface area contributed by atoms with Gasteiger partial charge in [-0.05, 0) is 61.0 Å². The first kappa shape index (κ1) is 29.8. The van der Waals surface area contributed by atoms with Gasteiger partial charge in [0.2, 0.25) is 23.7 Å². The van der Waals surface area contributed by atoms with E-state index < -0.39 is 12.1 Å². The molecule has 0 unspecified atom stereocenters. The van der Waals surface area contributed by atoms with Crippen LogP contribution < -0.4 is 29.9 Å². The number of aromatic nitrogens is 3. The van der Waals surface area contributed by atoms with Gasteiger partial charge >= 0.3 is 0 Å². The van der Waals surface area contributed by atoms with Crippen LogP contribution in [0.25, 0.3) is 0 Å². The maximum Gasteiger partial charge on any atom is 0.249 e. The molecule has 42 heavy (non-hydrogen) atoms. The second-order valence-electron chi connectivity index (χ2n) is 9.58. The maximum atomic E-state index is 13.7. The summed E-state index contributed by atoms with van der Waals surface area (Å²) in [6, 6.07) is 22.8. The van der Waals surface area contributed by atoms with Gasteiger partial charge in [-0.15, -0.1) is 0 Å². The fourth-order valence-electron chi connectivity index (χ4n) is 4.29. The third-order valence-corrected chi connectivity index (χ3v) is 6.75. The van der Waals surface area contributed by atoms with Crippen molar-refractivity contribution in [1.82, 2.24) is 15.0 Å². The van der Waals surface area contributed by atoms with E-state index in [-0.39, 0.29) is 23.7 Å². The van der Waals surface area contributed by atoms with Crippen LogP contribution in [-0.2, 0) is 16.0 Å². The van der Waals surface area contributed by atoms with Crippen molar-refractivity contribution in [3.05, 3.63) is 90.8 Å². The minimum Gasteiger partial charge on any atom is -0.497 e. The van der Waals surface area contributed by atoms with E-state index in [2.05, 4.69) is 25.6 Å². The van der Waals surface area contributed by atoms with Crippen molar-refractivity contribution in [1.29, 1.82) is 0 Å². The predicted octanol–water partition coefficient (Wildman–Crippen LogP) is 4.04. The molecule has 0 aliphatic rings. The van der Waals surface area contributed by atoms with Crippen molar-refractivity contribution in [3.63, 3.8) is 0 Å². The quantitative estimate of drug-likeness (QED) is 0.260. The van der Waals surface area contributed by atoms with Crippen LogP contribution in [0.2, 0.25) is 0 Å². The maximum absolute atomic E-state index is 13.7. The zero-order valence-corrected chi connectivity index (χ0v) is 24.3. The van der Waals surface area contributed by atoms with Crippen LogP contribution in [0.5, 0.6) is 11.5 Å². The number of nitrogens with one attached hydrogen (secondary N) is 2.